The highest BCUT2D eigenvalue weighted by Gasteiger charge is 2.09. The molecule has 5 heteroatoms. The first kappa shape index (κ1) is 12.5. The summed E-state index contributed by atoms with van der Waals surface area (Å²) in [6.07, 6.45) is 4.14. The summed E-state index contributed by atoms with van der Waals surface area (Å²) in [6, 6.07) is 0.289. The number of carbonyl (C=O) groups excluding carboxylic acids is 1. The molecule has 1 atom stereocenters. The van der Waals surface area contributed by atoms with Crippen LogP contribution in [0.25, 0.3) is 0 Å². The summed E-state index contributed by atoms with van der Waals surface area (Å²) in [5, 5.41) is 14.7. The summed E-state index contributed by atoms with van der Waals surface area (Å²) in [5.41, 5.74) is 0. The molecule has 5 nitrogen and oxygen atoms in total. The molecule has 0 radical (unpaired) electrons. The number of aliphatic hydroxyl groups excluding tert-OH is 1. The number of nitrogens with one attached hydrogen (secondary N) is 2. The van der Waals surface area contributed by atoms with Crippen molar-refractivity contribution in [1.82, 2.24) is 10.6 Å². The van der Waals surface area contributed by atoms with E-state index in [1.807, 2.05) is 0 Å². The van der Waals surface area contributed by atoms with E-state index in [9.17, 15) is 4.79 Å². The summed E-state index contributed by atoms with van der Waals surface area (Å²) in [6.45, 7) is 4.88. The third-order valence-electron chi connectivity index (χ3n) is 2.40. The number of nitrogens with zero attached hydrogens (tertiary/aromatic N) is 1. The first-order valence-electron chi connectivity index (χ1n) is 5.57. The van der Waals surface area contributed by atoms with Gasteiger partial charge in [-0.1, -0.05) is 6.58 Å². The molecule has 1 unspecified atom stereocenters. The van der Waals surface area contributed by atoms with Crippen molar-refractivity contribution < 1.29 is 9.90 Å². The molecule has 0 aromatic carbocycles. The minimum absolute atomic E-state index is 0.0242. The van der Waals surface area contributed by atoms with Gasteiger partial charge in [0.15, 0.2) is 0 Å². The van der Waals surface area contributed by atoms with Gasteiger partial charge in [0.1, 0.15) is 0 Å². The molecule has 1 aliphatic heterocycles. The van der Waals surface area contributed by atoms with Crippen molar-refractivity contribution in [3.05, 3.63) is 12.3 Å². The maximum absolute atomic E-state index is 11.3. The monoisotopic (exact) mass is 225 g/mol. The minimum Gasteiger partial charge on any atom is -0.513 e. The van der Waals surface area contributed by atoms with Gasteiger partial charge < -0.3 is 15.7 Å². The second-order valence-corrected chi connectivity index (χ2v) is 3.90. The second-order valence-electron chi connectivity index (χ2n) is 3.90. The Morgan fingerprint density at radius 3 is 3.06 bits per heavy atom. The van der Waals surface area contributed by atoms with Gasteiger partial charge in [-0.2, -0.15) is 0 Å². The lowest BCUT2D eigenvalue weighted by Gasteiger charge is -2.07. The molecule has 0 spiro atoms. The highest BCUT2D eigenvalue weighted by molar-refractivity contribution is 5.75. The van der Waals surface area contributed by atoms with E-state index in [0.717, 1.165) is 13.0 Å². The molecule has 1 amide bonds. The van der Waals surface area contributed by atoms with Crippen molar-refractivity contribution in [2.75, 3.05) is 13.1 Å². The Balaban J connectivity index is 1.97. The molecule has 0 saturated carbocycles. The summed E-state index contributed by atoms with van der Waals surface area (Å²) in [7, 11) is 0. The first-order chi connectivity index (χ1) is 7.68. The molecular formula is C11H19N3O2. The van der Waals surface area contributed by atoms with E-state index >= 15 is 0 Å². The zero-order valence-corrected chi connectivity index (χ0v) is 9.41. The Morgan fingerprint density at radius 1 is 1.62 bits per heavy atom. The average molecular weight is 225 g/mol. The molecule has 3 N–H and O–H groups in total. The quantitative estimate of drug-likeness (QED) is 0.559. The molecule has 0 bridgehead atoms. The van der Waals surface area contributed by atoms with Crippen LogP contribution in [0, 0.1) is 0 Å². The van der Waals surface area contributed by atoms with Crippen molar-refractivity contribution >= 4 is 12.2 Å². The van der Waals surface area contributed by atoms with E-state index < -0.39 is 0 Å². The van der Waals surface area contributed by atoms with Crippen LogP contribution in [0.4, 0.5) is 0 Å². The number of amides is 1. The van der Waals surface area contributed by atoms with Crippen LogP contribution in [0.2, 0.25) is 0 Å². The molecule has 1 rings (SSSR count). The van der Waals surface area contributed by atoms with Crippen LogP contribution >= 0.6 is 0 Å². The predicted molar refractivity (Wildman–Crippen MR) is 63.5 cm³/mol. The summed E-state index contributed by atoms with van der Waals surface area (Å²) in [4.78, 5) is 15.5. The molecule has 1 heterocycles. The lowest BCUT2D eigenvalue weighted by atomic mass is 10.2. The fourth-order valence-electron chi connectivity index (χ4n) is 1.50. The number of allylic oxidation sites excluding steroid dienone is 1. The average Bonchev–Trinajstić information content (AvgIpc) is 2.70. The largest absolute Gasteiger partial charge is 0.513 e. The van der Waals surface area contributed by atoms with Gasteiger partial charge in [0.05, 0.1) is 18.1 Å². The Bertz CT molecular complexity index is 276. The molecule has 0 aromatic rings. The van der Waals surface area contributed by atoms with Crippen LogP contribution in [0.15, 0.2) is 17.3 Å². The number of aliphatic imine (C=N–C) groups is 1. The fourth-order valence-corrected chi connectivity index (χ4v) is 1.50. The van der Waals surface area contributed by atoms with E-state index in [2.05, 4.69) is 22.2 Å². The van der Waals surface area contributed by atoms with Gasteiger partial charge in [-0.3, -0.25) is 9.79 Å². The summed E-state index contributed by atoms with van der Waals surface area (Å²) >= 11 is 0. The zero-order valence-electron chi connectivity index (χ0n) is 9.41. The van der Waals surface area contributed by atoms with Gasteiger partial charge >= 0.3 is 0 Å². The maximum Gasteiger partial charge on any atom is 0.220 e. The highest BCUT2D eigenvalue weighted by Crippen LogP contribution is 2.02. The van der Waals surface area contributed by atoms with Gasteiger partial charge in [-0.15, -0.1) is 0 Å². The molecule has 0 aromatic heterocycles. The lowest BCUT2D eigenvalue weighted by Crippen LogP contribution is -2.27. The van der Waals surface area contributed by atoms with Crippen molar-refractivity contribution in [3.63, 3.8) is 0 Å². The molecule has 90 valence electrons. The fraction of sp³-hybridized carbons (Fsp3) is 0.636. The number of aliphatic hydroxyl groups is 1. The van der Waals surface area contributed by atoms with Crippen LogP contribution in [-0.4, -0.2) is 36.5 Å². The van der Waals surface area contributed by atoms with Crippen LogP contribution in [0.1, 0.15) is 25.7 Å². The van der Waals surface area contributed by atoms with E-state index in [-0.39, 0.29) is 17.7 Å². The van der Waals surface area contributed by atoms with Gasteiger partial charge in [-0.25, -0.2) is 0 Å². The Labute approximate surface area is 95.6 Å². The predicted octanol–water partition coefficient (Wildman–Crippen LogP) is 0.735. The highest BCUT2D eigenvalue weighted by atomic mass is 16.3. The third kappa shape index (κ3) is 5.38. The Hall–Kier alpha value is -1.52. The second kappa shape index (κ2) is 6.87. The van der Waals surface area contributed by atoms with E-state index in [1.165, 1.54) is 0 Å². The number of carbonyl (C=O) groups is 1. The van der Waals surface area contributed by atoms with E-state index in [1.54, 1.807) is 6.34 Å². The number of hydrogen-bond donors (Lipinski definition) is 3. The van der Waals surface area contributed by atoms with Crippen molar-refractivity contribution in [1.29, 1.82) is 0 Å². The van der Waals surface area contributed by atoms with Gasteiger partial charge in [0.2, 0.25) is 5.91 Å². The van der Waals surface area contributed by atoms with Gasteiger partial charge in [0, 0.05) is 25.9 Å². The van der Waals surface area contributed by atoms with Crippen LogP contribution in [-0.2, 0) is 4.79 Å². The van der Waals surface area contributed by atoms with Crippen molar-refractivity contribution in [3.8, 4) is 0 Å². The molecular weight excluding hydrogens is 206 g/mol. The van der Waals surface area contributed by atoms with Gasteiger partial charge in [0.25, 0.3) is 0 Å². The van der Waals surface area contributed by atoms with E-state index in [0.29, 0.717) is 25.8 Å². The number of rotatable bonds is 7. The summed E-state index contributed by atoms with van der Waals surface area (Å²) in [5.74, 6) is 0.162. The Morgan fingerprint density at radius 2 is 2.44 bits per heavy atom. The van der Waals surface area contributed by atoms with Crippen LogP contribution in [0.5, 0.6) is 0 Å². The molecule has 0 saturated heterocycles. The van der Waals surface area contributed by atoms with Crippen molar-refractivity contribution in [2.45, 2.75) is 31.7 Å². The topological polar surface area (TPSA) is 73.7 Å². The lowest BCUT2D eigenvalue weighted by molar-refractivity contribution is -0.121. The summed E-state index contributed by atoms with van der Waals surface area (Å²) < 4.78 is 0. The van der Waals surface area contributed by atoms with Gasteiger partial charge in [-0.05, 0) is 12.8 Å². The Kier molecular flexibility index (Phi) is 5.39. The normalized spacial score (nSPS) is 18.1. The molecule has 0 aliphatic carbocycles. The molecule has 0 fully saturated rings. The molecule has 16 heavy (non-hydrogen) atoms. The SMILES string of the molecule is C=C(O)CCCC(=O)NCCC1CNC=N1. The number of hydrogen-bond acceptors (Lipinski definition) is 4. The molecule has 1 aliphatic rings. The zero-order chi connectivity index (χ0) is 11.8. The minimum atomic E-state index is 0.0242. The first-order valence-corrected chi connectivity index (χ1v) is 5.57. The maximum atomic E-state index is 11.3. The van der Waals surface area contributed by atoms with Crippen LogP contribution in [0.3, 0.4) is 0 Å². The smallest absolute Gasteiger partial charge is 0.220 e. The van der Waals surface area contributed by atoms with E-state index in [4.69, 9.17) is 5.11 Å². The van der Waals surface area contributed by atoms with Crippen LogP contribution < -0.4 is 10.6 Å². The third-order valence-corrected chi connectivity index (χ3v) is 2.40. The standard InChI is InChI=1S/C11H19N3O2/c1-9(15)3-2-4-11(16)13-6-5-10-7-12-8-14-10/h8,10,15H,1-7H2,(H,12,14)(H,13,16). The van der Waals surface area contributed by atoms with Crippen molar-refractivity contribution in [2.24, 2.45) is 4.99 Å².